The van der Waals surface area contributed by atoms with E-state index in [4.69, 9.17) is 9.47 Å². The molecule has 4 aromatic rings. The number of methoxy groups -OCH3 is 2. The van der Waals surface area contributed by atoms with Crippen molar-refractivity contribution in [2.75, 3.05) is 33.9 Å². The van der Waals surface area contributed by atoms with Crippen LogP contribution >= 0.6 is 0 Å². The third kappa shape index (κ3) is 3.69. The molecule has 1 fully saturated rings. The number of hydrogen-bond donors (Lipinski definition) is 3. The molecule has 3 aliphatic heterocycles. The van der Waals surface area contributed by atoms with Gasteiger partial charge in [0, 0.05) is 52.3 Å². The highest BCUT2D eigenvalue weighted by molar-refractivity contribution is 5.87. The van der Waals surface area contributed by atoms with Crippen LogP contribution in [0.25, 0.3) is 21.8 Å². The van der Waals surface area contributed by atoms with Gasteiger partial charge in [-0.15, -0.1) is 6.58 Å². The van der Waals surface area contributed by atoms with Crippen molar-refractivity contribution in [2.24, 2.45) is 11.8 Å². The van der Waals surface area contributed by atoms with Crippen LogP contribution in [0.3, 0.4) is 0 Å². The summed E-state index contributed by atoms with van der Waals surface area (Å²) in [4.78, 5) is 10.3. The minimum atomic E-state index is 0.330. The summed E-state index contributed by atoms with van der Waals surface area (Å²) < 4.78 is 11.0. The summed E-state index contributed by atoms with van der Waals surface area (Å²) >= 11 is 0. The topological polar surface area (TPSA) is 65.3 Å². The lowest BCUT2D eigenvalue weighted by Crippen LogP contribution is -2.46. The molecule has 0 bridgehead atoms. The molecule has 2 aromatic carbocycles. The monoisotopic (exact) mass is 496 g/mol. The van der Waals surface area contributed by atoms with Gasteiger partial charge in [0.15, 0.2) is 0 Å². The van der Waals surface area contributed by atoms with Crippen LogP contribution in [0.5, 0.6) is 11.5 Å². The highest BCUT2D eigenvalue weighted by Crippen LogP contribution is 2.46. The maximum Gasteiger partial charge on any atom is 0.119 e. The number of nitrogens with one attached hydrogen (secondary N) is 3. The Labute approximate surface area is 218 Å². The first-order valence-corrected chi connectivity index (χ1v) is 13.6. The van der Waals surface area contributed by atoms with Crippen molar-refractivity contribution >= 4 is 21.8 Å². The van der Waals surface area contributed by atoms with Crippen molar-refractivity contribution in [1.82, 2.24) is 20.2 Å². The van der Waals surface area contributed by atoms with Gasteiger partial charge in [-0.2, -0.15) is 0 Å². The normalized spacial score (nSPS) is 25.5. The fraction of sp³-hybridized carbons (Fsp3) is 0.419. The van der Waals surface area contributed by atoms with E-state index in [0.717, 1.165) is 56.8 Å². The molecule has 6 nitrogen and oxygen atoms in total. The van der Waals surface area contributed by atoms with Crippen LogP contribution in [-0.4, -0.2) is 48.7 Å². The van der Waals surface area contributed by atoms with E-state index in [0.29, 0.717) is 23.9 Å². The van der Waals surface area contributed by atoms with Crippen LogP contribution in [0, 0.1) is 11.8 Å². The number of nitrogens with zero attached hydrogens (tertiary/aromatic N) is 1. The van der Waals surface area contributed by atoms with E-state index >= 15 is 0 Å². The molecule has 0 spiro atoms. The molecular formula is C31H36N4O2. The number of aromatic amines is 2. The molecule has 3 N–H and O–H groups in total. The third-order valence-corrected chi connectivity index (χ3v) is 9.25. The minimum Gasteiger partial charge on any atom is -0.497 e. The molecule has 3 aliphatic rings. The van der Waals surface area contributed by atoms with E-state index in [1.54, 1.807) is 14.2 Å². The van der Waals surface area contributed by atoms with Crippen LogP contribution in [-0.2, 0) is 12.8 Å². The number of fused-ring (bicyclic) bond motifs is 8. The SMILES string of the molecule is C=CC1CN2CCc3c([nH]c4ccc(OC)cc34)C2CC1CC1NCCc2c1[nH]c1ccc(OC)cc21. The van der Waals surface area contributed by atoms with E-state index < -0.39 is 0 Å². The quantitative estimate of drug-likeness (QED) is 0.312. The second kappa shape index (κ2) is 8.96. The predicted molar refractivity (Wildman–Crippen MR) is 149 cm³/mol. The van der Waals surface area contributed by atoms with Crippen LogP contribution in [0.15, 0.2) is 49.1 Å². The molecule has 4 atom stereocenters. The molecule has 37 heavy (non-hydrogen) atoms. The molecule has 2 aromatic heterocycles. The lowest BCUT2D eigenvalue weighted by atomic mass is 9.75. The number of aromatic nitrogens is 2. The number of benzene rings is 2. The zero-order valence-corrected chi connectivity index (χ0v) is 21.8. The van der Waals surface area contributed by atoms with Crippen molar-refractivity contribution in [2.45, 2.75) is 37.8 Å². The van der Waals surface area contributed by atoms with Crippen molar-refractivity contribution < 1.29 is 9.47 Å². The maximum absolute atomic E-state index is 5.53. The third-order valence-electron chi connectivity index (χ3n) is 9.25. The van der Waals surface area contributed by atoms with E-state index in [1.165, 1.54) is 44.3 Å². The van der Waals surface area contributed by atoms with E-state index in [1.807, 2.05) is 6.07 Å². The average molecular weight is 497 g/mol. The van der Waals surface area contributed by atoms with Gasteiger partial charge in [-0.25, -0.2) is 0 Å². The van der Waals surface area contributed by atoms with Gasteiger partial charge in [-0.1, -0.05) is 6.08 Å². The van der Waals surface area contributed by atoms with E-state index in [2.05, 4.69) is 63.2 Å². The summed E-state index contributed by atoms with van der Waals surface area (Å²) in [5, 5.41) is 6.48. The number of piperidine rings is 1. The summed E-state index contributed by atoms with van der Waals surface area (Å²) in [6.45, 7) is 7.47. The number of H-pyrrole nitrogens is 2. The van der Waals surface area contributed by atoms with E-state index in [-0.39, 0.29) is 0 Å². The van der Waals surface area contributed by atoms with Crippen molar-refractivity contribution in [1.29, 1.82) is 0 Å². The number of rotatable bonds is 5. The van der Waals surface area contributed by atoms with Gasteiger partial charge >= 0.3 is 0 Å². The average Bonchev–Trinajstić information content (AvgIpc) is 3.51. The van der Waals surface area contributed by atoms with Gasteiger partial charge in [-0.05, 0) is 91.6 Å². The second-order valence-electron chi connectivity index (χ2n) is 11.0. The molecule has 6 heteroatoms. The lowest BCUT2D eigenvalue weighted by molar-refractivity contribution is 0.0623. The molecular weight excluding hydrogens is 460 g/mol. The van der Waals surface area contributed by atoms with Gasteiger partial charge in [-0.3, -0.25) is 4.90 Å². The van der Waals surface area contributed by atoms with Gasteiger partial charge in [0.2, 0.25) is 0 Å². The van der Waals surface area contributed by atoms with E-state index in [9.17, 15) is 0 Å². The molecule has 0 amide bonds. The van der Waals surface area contributed by atoms with Crippen molar-refractivity contribution in [3.05, 3.63) is 71.6 Å². The fourth-order valence-corrected chi connectivity index (χ4v) is 7.35. The standard InChI is InChI=1S/C31H36N4O2/c1-4-18-17-35-12-10-23-25-16-21(37-3)6-8-27(25)34-31(23)29(35)14-19(18)13-28-30-22(9-11-32-28)24-15-20(36-2)5-7-26(24)33-30/h4-8,15-16,18-19,28-29,32-34H,1,9-14,17H2,2-3H3. The summed E-state index contributed by atoms with van der Waals surface area (Å²) in [6.07, 6.45) is 6.61. The van der Waals surface area contributed by atoms with Gasteiger partial charge in [0.1, 0.15) is 11.5 Å². The molecule has 5 heterocycles. The molecule has 0 radical (unpaired) electrons. The first-order chi connectivity index (χ1) is 18.2. The summed E-state index contributed by atoms with van der Waals surface area (Å²) in [6, 6.07) is 13.6. The Balaban J connectivity index is 1.20. The summed E-state index contributed by atoms with van der Waals surface area (Å²) in [5.74, 6) is 2.92. The largest absolute Gasteiger partial charge is 0.497 e. The smallest absolute Gasteiger partial charge is 0.119 e. The minimum absolute atomic E-state index is 0.330. The Hall–Kier alpha value is -3.22. The van der Waals surface area contributed by atoms with Crippen LogP contribution in [0.4, 0.5) is 0 Å². The predicted octanol–water partition coefficient (Wildman–Crippen LogP) is 5.66. The fourth-order valence-electron chi connectivity index (χ4n) is 7.35. The Bertz CT molecular complexity index is 1480. The second-order valence-corrected chi connectivity index (χ2v) is 11.0. The van der Waals surface area contributed by atoms with Gasteiger partial charge in [0.25, 0.3) is 0 Å². The summed E-state index contributed by atoms with van der Waals surface area (Å²) in [7, 11) is 3.49. The van der Waals surface area contributed by atoms with Crippen molar-refractivity contribution in [3.63, 3.8) is 0 Å². The van der Waals surface area contributed by atoms with Crippen LogP contribution in [0.1, 0.15) is 47.4 Å². The molecule has 4 unspecified atom stereocenters. The highest BCUT2D eigenvalue weighted by Gasteiger charge is 2.40. The van der Waals surface area contributed by atoms with Gasteiger partial charge < -0.3 is 24.8 Å². The highest BCUT2D eigenvalue weighted by atomic mass is 16.5. The van der Waals surface area contributed by atoms with Crippen LogP contribution < -0.4 is 14.8 Å². The lowest BCUT2D eigenvalue weighted by Gasteiger charge is -2.46. The van der Waals surface area contributed by atoms with Gasteiger partial charge in [0.05, 0.1) is 20.3 Å². The first kappa shape index (κ1) is 22.9. The Morgan fingerprint density at radius 2 is 1.62 bits per heavy atom. The summed E-state index contributed by atoms with van der Waals surface area (Å²) in [5.41, 5.74) is 8.14. The molecule has 1 saturated heterocycles. The Morgan fingerprint density at radius 3 is 2.30 bits per heavy atom. The molecule has 0 saturated carbocycles. The number of ether oxygens (including phenoxy) is 2. The zero-order chi connectivity index (χ0) is 25.1. The molecule has 0 aliphatic carbocycles. The van der Waals surface area contributed by atoms with Crippen molar-refractivity contribution in [3.8, 4) is 11.5 Å². The molecule has 192 valence electrons. The zero-order valence-electron chi connectivity index (χ0n) is 21.8. The Kier molecular flexibility index (Phi) is 5.56. The van der Waals surface area contributed by atoms with Crippen LogP contribution in [0.2, 0.25) is 0 Å². The maximum atomic E-state index is 5.53. The molecule has 7 rings (SSSR count). The Morgan fingerprint density at radius 1 is 0.946 bits per heavy atom. The number of hydrogen-bond acceptors (Lipinski definition) is 4. The first-order valence-electron chi connectivity index (χ1n) is 13.6.